The molecule has 0 bridgehead atoms. The summed E-state index contributed by atoms with van der Waals surface area (Å²) in [6.45, 7) is 3.76. The van der Waals surface area contributed by atoms with Crippen LogP contribution in [-0.4, -0.2) is 57.4 Å². The van der Waals surface area contributed by atoms with Gasteiger partial charge in [0.25, 0.3) is 0 Å². The van der Waals surface area contributed by atoms with E-state index < -0.39 is 9.84 Å². The Morgan fingerprint density at radius 3 is 2.78 bits per heavy atom. The van der Waals surface area contributed by atoms with Gasteiger partial charge in [-0.15, -0.1) is 0 Å². The third-order valence-corrected chi connectivity index (χ3v) is 5.40. The molecule has 128 valence electrons. The number of hydrogen-bond donors (Lipinski definition) is 1. The quantitative estimate of drug-likeness (QED) is 0.850. The van der Waals surface area contributed by atoms with E-state index >= 15 is 0 Å². The first-order valence-corrected chi connectivity index (χ1v) is 9.71. The molecule has 0 saturated carbocycles. The van der Waals surface area contributed by atoms with Gasteiger partial charge in [0.15, 0.2) is 9.84 Å². The van der Waals surface area contributed by atoms with E-state index in [0.717, 1.165) is 12.0 Å². The molecule has 2 amide bonds. The van der Waals surface area contributed by atoms with E-state index in [1.54, 1.807) is 17.0 Å². The minimum atomic E-state index is -3.23. The van der Waals surface area contributed by atoms with Crippen molar-refractivity contribution >= 4 is 15.9 Å². The van der Waals surface area contributed by atoms with Crippen molar-refractivity contribution in [1.82, 2.24) is 10.2 Å². The first kappa shape index (κ1) is 17.7. The fourth-order valence-electron chi connectivity index (χ4n) is 2.48. The maximum atomic E-state index is 12.1. The first-order valence-electron chi connectivity index (χ1n) is 7.89. The minimum Gasteiger partial charge on any atom is -0.375 e. The molecule has 1 aliphatic rings. The summed E-state index contributed by atoms with van der Waals surface area (Å²) in [5.41, 5.74) is 0.762. The summed E-state index contributed by atoms with van der Waals surface area (Å²) >= 11 is 0. The lowest BCUT2D eigenvalue weighted by Gasteiger charge is -2.32. The molecule has 2 rings (SSSR count). The highest BCUT2D eigenvalue weighted by Gasteiger charge is 2.23. The van der Waals surface area contributed by atoms with Crippen LogP contribution in [-0.2, 0) is 20.3 Å². The van der Waals surface area contributed by atoms with Gasteiger partial charge in [-0.25, -0.2) is 13.2 Å². The van der Waals surface area contributed by atoms with Gasteiger partial charge in [0.05, 0.1) is 24.2 Å². The highest BCUT2D eigenvalue weighted by Crippen LogP contribution is 2.08. The van der Waals surface area contributed by atoms with E-state index in [9.17, 15) is 13.2 Å². The zero-order valence-corrected chi connectivity index (χ0v) is 14.2. The van der Waals surface area contributed by atoms with Crippen LogP contribution in [0.1, 0.15) is 18.9 Å². The molecule has 1 aromatic carbocycles. The minimum absolute atomic E-state index is 0.000820. The number of ether oxygens (including phenoxy) is 1. The summed E-state index contributed by atoms with van der Waals surface area (Å²) in [5.74, 6) is -0.0612. The lowest BCUT2D eigenvalue weighted by atomic mass is 10.2. The first-order chi connectivity index (χ1) is 11.0. The Hall–Kier alpha value is -1.60. The molecular formula is C16H24N2O4S. The second-order valence-electron chi connectivity index (χ2n) is 5.66. The molecule has 0 aromatic heterocycles. The Morgan fingerprint density at radius 1 is 1.35 bits per heavy atom. The van der Waals surface area contributed by atoms with Crippen molar-refractivity contribution in [2.24, 2.45) is 0 Å². The molecule has 1 aliphatic heterocycles. The third-order valence-electron chi connectivity index (χ3n) is 3.80. The molecule has 1 aromatic rings. The summed E-state index contributed by atoms with van der Waals surface area (Å²) in [6.07, 6.45) is 0.922. The van der Waals surface area contributed by atoms with Gasteiger partial charge < -0.3 is 15.0 Å². The predicted molar refractivity (Wildman–Crippen MR) is 88.9 cm³/mol. The zero-order valence-electron chi connectivity index (χ0n) is 13.4. The van der Waals surface area contributed by atoms with Gasteiger partial charge in [-0.1, -0.05) is 37.3 Å². The number of carbonyl (C=O) groups is 1. The summed E-state index contributed by atoms with van der Waals surface area (Å²) < 4.78 is 29.7. The molecule has 0 aliphatic carbocycles. The smallest absolute Gasteiger partial charge is 0.317 e. The van der Waals surface area contributed by atoms with Crippen molar-refractivity contribution in [3.8, 4) is 0 Å². The lowest BCUT2D eigenvalue weighted by Crippen LogP contribution is -2.50. The maximum absolute atomic E-state index is 12.1. The Labute approximate surface area is 137 Å². The average molecular weight is 340 g/mol. The molecule has 6 nitrogen and oxygen atoms in total. The van der Waals surface area contributed by atoms with Crippen LogP contribution in [0.4, 0.5) is 4.79 Å². The highest BCUT2D eigenvalue weighted by atomic mass is 32.2. The van der Waals surface area contributed by atoms with E-state index in [4.69, 9.17) is 4.74 Å². The van der Waals surface area contributed by atoms with Gasteiger partial charge in [-0.05, 0) is 12.0 Å². The normalized spacial score (nSPS) is 18.7. The van der Waals surface area contributed by atoms with Gasteiger partial charge in [0.2, 0.25) is 0 Å². The van der Waals surface area contributed by atoms with E-state index in [1.807, 2.05) is 25.1 Å². The molecule has 1 heterocycles. The predicted octanol–water partition coefficient (Wildman–Crippen LogP) is 1.42. The molecule has 1 saturated heterocycles. The molecule has 1 atom stereocenters. The van der Waals surface area contributed by atoms with Gasteiger partial charge in [0.1, 0.15) is 0 Å². The number of morpholine rings is 1. The summed E-state index contributed by atoms with van der Waals surface area (Å²) in [5, 5.41) is 2.69. The van der Waals surface area contributed by atoms with E-state index in [0.29, 0.717) is 19.7 Å². The number of hydrogen-bond acceptors (Lipinski definition) is 4. The van der Waals surface area contributed by atoms with E-state index in [-0.39, 0.29) is 30.2 Å². The van der Waals surface area contributed by atoms with Crippen LogP contribution in [0.3, 0.4) is 0 Å². The van der Waals surface area contributed by atoms with Gasteiger partial charge in [-0.2, -0.15) is 0 Å². The zero-order chi connectivity index (χ0) is 16.7. The van der Waals surface area contributed by atoms with Gasteiger partial charge in [-0.3, -0.25) is 0 Å². The van der Waals surface area contributed by atoms with Crippen LogP contribution in [0.25, 0.3) is 0 Å². The molecular weight excluding hydrogens is 316 g/mol. The number of urea groups is 1. The van der Waals surface area contributed by atoms with E-state index in [1.165, 1.54) is 0 Å². The van der Waals surface area contributed by atoms with Crippen LogP contribution in [0, 0.1) is 0 Å². The molecule has 0 radical (unpaired) electrons. The summed E-state index contributed by atoms with van der Waals surface area (Å²) in [4.78, 5) is 13.8. The largest absolute Gasteiger partial charge is 0.375 e. The molecule has 23 heavy (non-hydrogen) atoms. The lowest BCUT2D eigenvalue weighted by molar-refractivity contribution is -0.0152. The van der Waals surface area contributed by atoms with E-state index in [2.05, 4.69) is 5.32 Å². The number of nitrogens with one attached hydrogen (secondary N) is 1. The van der Waals surface area contributed by atoms with Crippen molar-refractivity contribution < 1.29 is 17.9 Å². The Balaban J connectivity index is 1.76. The van der Waals surface area contributed by atoms with Gasteiger partial charge in [0, 0.05) is 19.6 Å². The van der Waals surface area contributed by atoms with Crippen molar-refractivity contribution in [3.63, 3.8) is 0 Å². The molecule has 1 unspecified atom stereocenters. The van der Waals surface area contributed by atoms with Crippen LogP contribution in [0.5, 0.6) is 0 Å². The summed E-state index contributed by atoms with van der Waals surface area (Å²) in [7, 11) is -3.23. The Bertz CT molecular complexity index is 604. The fraction of sp³-hybridized carbons (Fsp3) is 0.562. The number of sulfone groups is 1. The van der Waals surface area contributed by atoms with Crippen LogP contribution in [0.15, 0.2) is 30.3 Å². The van der Waals surface area contributed by atoms with Crippen molar-refractivity contribution in [2.45, 2.75) is 25.2 Å². The van der Waals surface area contributed by atoms with Crippen LogP contribution < -0.4 is 5.32 Å². The molecule has 1 N–H and O–H groups in total. The maximum Gasteiger partial charge on any atom is 0.317 e. The Morgan fingerprint density at radius 2 is 2.09 bits per heavy atom. The topological polar surface area (TPSA) is 75.7 Å². The average Bonchev–Trinajstić information content (AvgIpc) is 2.55. The summed E-state index contributed by atoms with van der Waals surface area (Å²) in [6, 6.07) is 8.83. The number of benzene rings is 1. The number of amides is 2. The number of carbonyl (C=O) groups excluding carboxylic acids is 1. The second-order valence-corrected chi connectivity index (χ2v) is 7.84. The monoisotopic (exact) mass is 340 g/mol. The molecule has 0 spiro atoms. The standard InChI is InChI=1S/C16H24N2O4S/c1-2-15-12-18(9-10-22-15)16(19)17-8-11-23(20,21)13-14-6-4-3-5-7-14/h3-7,15H,2,8-13H2,1H3,(H,17,19). The SMILES string of the molecule is CCC1CN(C(=O)NCCS(=O)(=O)Cc2ccccc2)CCO1. The number of nitrogens with zero attached hydrogens (tertiary/aromatic N) is 1. The fourth-order valence-corrected chi connectivity index (χ4v) is 3.73. The highest BCUT2D eigenvalue weighted by molar-refractivity contribution is 7.90. The molecule has 7 heteroatoms. The van der Waals surface area contributed by atoms with Crippen molar-refractivity contribution in [2.75, 3.05) is 32.0 Å². The van der Waals surface area contributed by atoms with Crippen molar-refractivity contribution in [3.05, 3.63) is 35.9 Å². The van der Waals surface area contributed by atoms with Gasteiger partial charge >= 0.3 is 6.03 Å². The third kappa shape index (κ3) is 5.84. The van der Waals surface area contributed by atoms with Crippen molar-refractivity contribution in [1.29, 1.82) is 0 Å². The Kier molecular flexibility index (Phi) is 6.41. The molecule has 1 fully saturated rings. The number of rotatable bonds is 6. The second kappa shape index (κ2) is 8.31. The van der Waals surface area contributed by atoms with Crippen LogP contribution >= 0.6 is 0 Å². The van der Waals surface area contributed by atoms with Crippen LogP contribution in [0.2, 0.25) is 0 Å².